The van der Waals surface area contributed by atoms with Crippen molar-refractivity contribution >= 4 is 27.7 Å². The Hall–Kier alpha value is -1.10. The first-order valence-electron chi connectivity index (χ1n) is 9.36. The van der Waals surface area contributed by atoms with E-state index in [9.17, 15) is 4.79 Å². The van der Waals surface area contributed by atoms with E-state index in [0.717, 1.165) is 61.1 Å². The number of aromatic nitrogens is 1. The van der Waals surface area contributed by atoms with Crippen molar-refractivity contribution in [1.82, 2.24) is 9.88 Å². The topological polar surface area (TPSA) is 36.4 Å². The van der Waals surface area contributed by atoms with E-state index in [2.05, 4.69) is 36.8 Å². The molecule has 0 bridgehead atoms. The predicted octanol–water partition coefficient (Wildman–Crippen LogP) is 3.71. The van der Waals surface area contributed by atoms with Gasteiger partial charge >= 0.3 is 0 Å². The van der Waals surface area contributed by atoms with Crippen LogP contribution in [0.3, 0.4) is 0 Å². The Morgan fingerprint density at radius 2 is 1.71 bits per heavy atom. The molecular formula is C19H26BrN3O. The van der Waals surface area contributed by atoms with Gasteiger partial charge in [0.15, 0.2) is 0 Å². The minimum atomic E-state index is 0.219. The van der Waals surface area contributed by atoms with Crippen LogP contribution in [0.2, 0.25) is 0 Å². The number of pyridine rings is 1. The minimum Gasteiger partial charge on any atom is -0.357 e. The maximum absolute atomic E-state index is 12.9. The third kappa shape index (κ3) is 3.32. The standard InChI is InChI=1S/C19H26BrN3O/c20-17-5-6-18(21-11-17)22-9-7-14(8-10-22)19(24)23-12-15-3-1-2-4-16(15)13-23/h5-6,11,14-16H,1-4,7-10,12-13H2. The second-order valence-corrected chi connectivity index (χ2v) is 8.56. The number of carbonyl (C=O) groups is 1. The Morgan fingerprint density at radius 3 is 2.29 bits per heavy atom. The Balaban J connectivity index is 1.32. The van der Waals surface area contributed by atoms with Crippen LogP contribution in [-0.2, 0) is 4.79 Å². The van der Waals surface area contributed by atoms with Crippen LogP contribution in [0.4, 0.5) is 5.82 Å². The number of fused-ring (bicyclic) bond motifs is 1. The van der Waals surface area contributed by atoms with Crippen LogP contribution < -0.4 is 4.90 Å². The molecule has 0 spiro atoms. The van der Waals surface area contributed by atoms with Gasteiger partial charge in [-0.25, -0.2) is 4.98 Å². The molecular weight excluding hydrogens is 366 g/mol. The van der Waals surface area contributed by atoms with Gasteiger partial charge in [-0.15, -0.1) is 0 Å². The maximum Gasteiger partial charge on any atom is 0.225 e. The number of piperidine rings is 1. The molecule has 4 rings (SSSR count). The van der Waals surface area contributed by atoms with Gasteiger partial charge in [-0.1, -0.05) is 12.8 Å². The number of hydrogen-bond acceptors (Lipinski definition) is 3. The van der Waals surface area contributed by atoms with E-state index in [0.29, 0.717) is 5.91 Å². The molecule has 4 nitrogen and oxygen atoms in total. The fourth-order valence-corrected chi connectivity index (χ4v) is 4.99. The molecule has 3 aliphatic rings. The molecule has 130 valence electrons. The number of likely N-dealkylation sites (tertiary alicyclic amines) is 1. The fraction of sp³-hybridized carbons (Fsp3) is 0.684. The summed E-state index contributed by atoms with van der Waals surface area (Å²) in [6.07, 6.45) is 9.16. The average Bonchev–Trinajstić information content (AvgIpc) is 3.06. The molecule has 3 fully saturated rings. The van der Waals surface area contributed by atoms with Crippen LogP contribution >= 0.6 is 15.9 Å². The van der Waals surface area contributed by atoms with Crippen molar-refractivity contribution in [2.45, 2.75) is 38.5 Å². The van der Waals surface area contributed by atoms with Crippen LogP contribution in [-0.4, -0.2) is 42.0 Å². The summed E-state index contributed by atoms with van der Waals surface area (Å²) in [5.41, 5.74) is 0. The van der Waals surface area contributed by atoms with Crippen molar-refractivity contribution in [1.29, 1.82) is 0 Å². The smallest absolute Gasteiger partial charge is 0.225 e. The van der Waals surface area contributed by atoms with Crippen molar-refractivity contribution in [2.75, 3.05) is 31.1 Å². The lowest BCUT2D eigenvalue weighted by Gasteiger charge is -2.34. The summed E-state index contributed by atoms with van der Waals surface area (Å²) in [6.45, 7) is 3.92. The SMILES string of the molecule is O=C(C1CCN(c2ccc(Br)cn2)CC1)N1CC2CCCCC2C1. The highest BCUT2D eigenvalue weighted by molar-refractivity contribution is 9.10. The normalized spacial score (nSPS) is 28.0. The van der Waals surface area contributed by atoms with Gasteiger partial charge in [0.2, 0.25) is 5.91 Å². The summed E-state index contributed by atoms with van der Waals surface area (Å²) in [4.78, 5) is 21.9. The zero-order valence-electron chi connectivity index (χ0n) is 14.2. The number of anilines is 1. The Bertz CT molecular complexity index is 569. The highest BCUT2D eigenvalue weighted by Crippen LogP contribution is 2.37. The number of nitrogens with zero attached hydrogens (tertiary/aromatic N) is 3. The lowest BCUT2D eigenvalue weighted by molar-refractivity contribution is -0.135. The summed E-state index contributed by atoms with van der Waals surface area (Å²) < 4.78 is 1.01. The molecule has 5 heteroatoms. The first kappa shape index (κ1) is 16.4. The molecule has 0 aromatic carbocycles. The summed E-state index contributed by atoms with van der Waals surface area (Å²) in [7, 11) is 0. The molecule has 1 aliphatic carbocycles. The lowest BCUT2D eigenvalue weighted by Crippen LogP contribution is -2.42. The highest BCUT2D eigenvalue weighted by Gasteiger charge is 2.39. The maximum atomic E-state index is 12.9. The number of rotatable bonds is 2. The van der Waals surface area contributed by atoms with Gasteiger partial charge in [-0.2, -0.15) is 0 Å². The molecule has 0 radical (unpaired) electrons. The molecule has 1 aromatic heterocycles. The van der Waals surface area contributed by atoms with Crippen LogP contribution in [0.1, 0.15) is 38.5 Å². The molecule has 2 aliphatic heterocycles. The molecule has 24 heavy (non-hydrogen) atoms. The van der Waals surface area contributed by atoms with E-state index < -0.39 is 0 Å². The molecule has 2 saturated heterocycles. The van der Waals surface area contributed by atoms with Crippen molar-refractivity contribution < 1.29 is 4.79 Å². The molecule has 2 atom stereocenters. The van der Waals surface area contributed by atoms with E-state index in [-0.39, 0.29) is 5.92 Å². The zero-order chi connectivity index (χ0) is 16.5. The first-order chi connectivity index (χ1) is 11.7. The van der Waals surface area contributed by atoms with Gasteiger partial charge in [-0.3, -0.25) is 4.79 Å². The van der Waals surface area contributed by atoms with Crippen molar-refractivity contribution in [3.63, 3.8) is 0 Å². The molecule has 2 unspecified atom stereocenters. The number of amides is 1. The molecule has 1 saturated carbocycles. The summed E-state index contributed by atoms with van der Waals surface area (Å²) in [5.74, 6) is 3.24. The molecule has 0 N–H and O–H groups in total. The zero-order valence-corrected chi connectivity index (χ0v) is 15.7. The summed E-state index contributed by atoms with van der Waals surface area (Å²) in [6, 6.07) is 4.09. The van der Waals surface area contributed by atoms with Gasteiger partial charge in [-0.05, 0) is 65.6 Å². The Morgan fingerprint density at radius 1 is 1.04 bits per heavy atom. The van der Waals surface area contributed by atoms with Gasteiger partial charge in [0, 0.05) is 42.8 Å². The van der Waals surface area contributed by atoms with Crippen molar-refractivity contribution in [3.8, 4) is 0 Å². The molecule has 1 aromatic rings. The minimum absolute atomic E-state index is 0.219. The summed E-state index contributed by atoms with van der Waals surface area (Å²) >= 11 is 3.43. The van der Waals surface area contributed by atoms with Crippen LogP contribution in [0.5, 0.6) is 0 Å². The third-order valence-electron chi connectivity index (χ3n) is 6.17. The first-order valence-corrected chi connectivity index (χ1v) is 10.2. The van der Waals surface area contributed by atoms with E-state index in [1.807, 2.05) is 12.3 Å². The Kier molecular flexibility index (Phi) is 4.79. The number of hydrogen-bond donors (Lipinski definition) is 0. The summed E-state index contributed by atoms with van der Waals surface area (Å²) in [5, 5.41) is 0. The van der Waals surface area contributed by atoms with Crippen LogP contribution in [0, 0.1) is 17.8 Å². The van der Waals surface area contributed by atoms with E-state index >= 15 is 0 Å². The number of carbonyl (C=O) groups excluding carboxylic acids is 1. The van der Waals surface area contributed by atoms with Gasteiger partial charge in [0.05, 0.1) is 0 Å². The quantitative estimate of drug-likeness (QED) is 0.770. The van der Waals surface area contributed by atoms with E-state index in [1.165, 1.54) is 25.7 Å². The average molecular weight is 392 g/mol. The van der Waals surface area contributed by atoms with E-state index in [1.54, 1.807) is 0 Å². The van der Waals surface area contributed by atoms with E-state index in [4.69, 9.17) is 0 Å². The van der Waals surface area contributed by atoms with Crippen LogP contribution in [0.25, 0.3) is 0 Å². The lowest BCUT2D eigenvalue weighted by atomic mass is 9.82. The van der Waals surface area contributed by atoms with Crippen LogP contribution in [0.15, 0.2) is 22.8 Å². The van der Waals surface area contributed by atoms with Gasteiger partial charge < -0.3 is 9.80 Å². The molecule has 1 amide bonds. The van der Waals surface area contributed by atoms with Crippen molar-refractivity contribution in [2.24, 2.45) is 17.8 Å². The monoisotopic (exact) mass is 391 g/mol. The highest BCUT2D eigenvalue weighted by atomic mass is 79.9. The fourth-order valence-electron chi connectivity index (χ4n) is 4.75. The van der Waals surface area contributed by atoms with Crippen molar-refractivity contribution in [3.05, 3.63) is 22.8 Å². The third-order valence-corrected chi connectivity index (χ3v) is 6.64. The molecule has 3 heterocycles. The second kappa shape index (κ2) is 7.03. The Labute approximate surface area is 152 Å². The second-order valence-electron chi connectivity index (χ2n) is 7.64. The van der Waals surface area contributed by atoms with Gasteiger partial charge in [0.1, 0.15) is 5.82 Å². The predicted molar refractivity (Wildman–Crippen MR) is 98.9 cm³/mol. The largest absolute Gasteiger partial charge is 0.357 e. The van der Waals surface area contributed by atoms with Gasteiger partial charge in [0.25, 0.3) is 0 Å². The number of halogens is 1.